The second-order valence-electron chi connectivity index (χ2n) is 0.291. The molecule has 0 saturated carbocycles. The molecule has 0 unspecified atom stereocenters. The predicted molar refractivity (Wildman–Crippen MR) is 12.9 cm³/mol. The Kier molecular flexibility index (Phi) is 2.87. The van der Waals surface area contributed by atoms with Gasteiger partial charge in [0.1, 0.15) is 0 Å². The molecule has 0 atom stereocenters. The summed E-state index contributed by atoms with van der Waals surface area (Å²) in [5, 5.41) is 9.22. The van der Waals surface area contributed by atoms with Gasteiger partial charge in [0.05, 0.1) is 5.29 Å². The van der Waals surface area contributed by atoms with E-state index in [-0.39, 0.29) is 0 Å². The molecule has 0 aromatic heterocycles. The third-order valence-electron chi connectivity index (χ3n) is 0.0855. The van der Waals surface area contributed by atoms with Crippen LogP contribution in [0.25, 0.3) is 0 Å². The first-order chi connectivity index (χ1) is 2.41. The van der Waals surface area contributed by atoms with Gasteiger partial charge in [0.15, 0.2) is 0 Å². The summed E-state index contributed by atoms with van der Waals surface area (Å²) in [6.45, 7) is 0. The first-order valence-corrected chi connectivity index (χ1v) is 0.830. The van der Waals surface area contributed by atoms with Gasteiger partial charge in [-0.1, -0.05) is 0 Å². The molecular formula is H2N3O2. The normalized spacial score (nSPS) is 6.60. The fourth-order valence-electron chi connectivity index (χ4n) is 0.0183. The lowest BCUT2D eigenvalue weighted by Crippen LogP contribution is -2.11. The standard InChI is InChI=1S/H2N3O2/c4-2-1-3-5/h4H,(H,1,5). The molecule has 5 nitrogen and oxygen atoms in total. The molecule has 0 spiro atoms. The molecule has 0 aliphatic carbocycles. The lowest BCUT2D eigenvalue weighted by atomic mass is 12.5. The van der Waals surface area contributed by atoms with Crippen molar-refractivity contribution in [3.8, 4) is 0 Å². The van der Waals surface area contributed by atoms with Gasteiger partial charge in [0.25, 0.3) is 0 Å². The molecule has 5 heteroatoms. The fourth-order valence-corrected chi connectivity index (χ4v) is 0.0183. The maximum atomic E-state index is 8.79. The summed E-state index contributed by atoms with van der Waals surface area (Å²) >= 11 is 0. The highest BCUT2D eigenvalue weighted by Gasteiger charge is 1.61. The number of rotatable bonds is 2. The summed E-state index contributed by atoms with van der Waals surface area (Å²) in [6.07, 6.45) is 0. The molecule has 0 amide bonds. The Balaban J connectivity index is 2.40. The van der Waals surface area contributed by atoms with Crippen LogP contribution < -0.4 is 11.1 Å². The smallest absolute Gasteiger partial charge is 0.0690 e. The molecule has 0 heterocycles. The highest BCUT2D eigenvalue weighted by atomic mass is 16.5. The first-order valence-electron chi connectivity index (χ1n) is 0.830. The zero-order valence-electron chi connectivity index (χ0n) is 2.25. The lowest BCUT2D eigenvalue weighted by Gasteiger charge is -1.74. The van der Waals surface area contributed by atoms with Crippen molar-refractivity contribution in [3.05, 3.63) is 4.91 Å². The highest BCUT2D eigenvalue weighted by Crippen LogP contribution is 1.36. The summed E-state index contributed by atoms with van der Waals surface area (Å²) in [7, 11) is 0. The highest BCUT2D eigenvalue weighted by molar-refractivity contribution is 4.02. The van der Waals surface area contributed by atoms with Crippen LogP contribution in [0, 0.1) is 4.91 Å². The number of nitroso groups, excluding NO2 is 1. The minimum Gasteiger partial charge on any atom is -0.276 e. The number of nitrogens with one attached hydrogen (secondary N) is 1. The van der Waals surface area contributed by atoms with Crippen LogP contribution in [0.1, 0.15) is 0 Å². The van der Waals surface area contributed by atoms with Crippen LogP contribution in [0.2, 0.25) is 0 Å². The largest absolute Gasteiger partial charge is 0.276 e. The Hall–Kier alpha value is -0.680. The molecular weight excluding hydrogens is 74.0 g/mol. The molecule has 0 bridgehead atoms. The Morgan fingerprint density at radius 3 is 2.40 bits per heavy atom. The van der Waals surface area contributed by atoms with Gasteiger partial charge in [0, 0.05) is 5.59 Å². The zero-order valence-corrected chi connectivity index (χ0v) is 2.25. The molecule has 29 valence electrons. The SMILES string of the molecule is O=NN[N]O. The third-order valence-corrected chi connectivity index (χ3v) is 0.0855. The molecule has 0 rings (SSSR count). The van der Waals surface area contributed by atoms with Crippen molar-refractivity contribution in [1.29, 1.82) is 0 Å². The van der Waals surface area contributed by atoms with Crippen molar-refractivity contribution in [1.82, 2.24) is 11.1 Å². The number of nitrogens with zero attached hydrogens (tertiary/aromatic N) is 2. The van der Waals surface area contributed by atoms with Crippen LogP contribution in [-0.4, -0.2) is 5.21 Å². The molecule has 0 aliphatic rings. The van der Waals surface area contributed by atoms with Crippen molar-refractivity contribution < 1.29 is 5.21 Å². The first kappa shape index (κ1) is 4.32. The molecule has 0 aromatic rings. The summed E-state index contributed by atoms with van der Waals surface area (Å²) in [6, 6.07) is 0. The van der Waals surface area contributed by atoms with Gasteiger partial charge in [0.2, 0.25) is 0 Å². The van der Waals surface area contributed by atoms with Gasteiger partial charge < -0.3 is 0 Å². The van der Waals surface area contributed by atoms with E-state index in [1.54, 1.807) is 0 Å². The van der Waals surface area contributed by atoms with E-state index in [2.05, 4.69) is 5.59 Å². The maximum absolute atomic E-state index is 8.79. The van der Waals surface area contributed by atoms with Crippen LogP contribution in [-0.2, 0) is 0 Å². The maximum Gasteiger partial charge on any atom is 0.0690 e. The van der Waals surface area contributed by atoms with Crippen molar-refractivity contribution >= 4 is 0 Å². The summed E-state index contributed by atoms with van der Waals surface area (Å²) in [4.78, 5) is 8.79. The third kappa shape index (κ3) is 3.32. The van der Waals surface area contributed by atoms with Crippen LogP contribution in [0.3, 0.4) is 0 Å². The van der Waals surface area contributed by atoms with E-state index in [4.69, 9.17) is 10.1 Å². The minimum atomic E-state index is 1.36. The second-order valence-corrected chi connectivity index (χ2v) is 0.291. The molecule has 0 aromatic carbocycles. The van der Waals surface area contributed by atoms with Crippen LogP contribution >= 0.6 is 0 Å². The molecule has 2 N–H and O–H groups in total. The van der Waals surface area contributed by atoms with E-state index in [0.29, 0.717) is 0 Å². The zero-order chi connectivity index (χ0) is 4.12. The van der Waals surface area contributed by atoms with E-state index >= 15 is 0 Å². The molecule has 0 aliphatic heterocycles. The predicted octanol–water partition coefficient (Wildman–Crippen LogP) is -0.834. The monoisotopic (exact) mass is 76.0 g/mol. The topological polar surface area (TPSA) is 75.8 Å². The average Bonchev–Trinajstić information content (AvgIpc) is 1.41. The van der Waals surface area contributed by atoms with Gasteiger partial charge in [-0.05, 0) is 0 Å². The van der Waals surface area contributed by atoms with Crippen molar-refractivity contribution in [2.75, 3.05) is 0 Å². The minimum absolute atomic E-state index is 1.36. The van der Waals surface area contributed by atoms with Gasteiger partial charge in [-0.25, -0.2) is 0 Å². The van der Waals surface area contributed by atoms with Crippen molar-refractivity contribution in [2.45, 2.75) is 0 Å². The van der Waals surface area contributed by atoms with E-state index in [1.807, 2.05) is 5.29 Å². The van der Waals surface area contributed by atoms with E-state index in [0.717, 1.165) is 0 Å². The Labute approximate surface area is 27.9 Å². The quantitative estimate of drug-likeness (QED) is 0.333. The van der Waals surface area contributed by atoms with Gasteiger partial charge in [-0.3, -0.25) is 5.21 Å². The summed E-state index contributed by atoms with van der Waals surface area (Å²) < 4.78 is 0. The van der Waals surface area contributed by atoms with E-state index < -0.39 is 0 Å². The van der Waals surface area contributed by atoms with Crippen LogP contribution in [0.4, 0.5) is 0 Å². The fraction of sp³-hybridized carbons (Fsp3) is 0. The Morgan fingerprint density at radius 2 is 2.40 bits per heavy atom. The van der Waals surface area contributed by atoms with Crippen LogP contribution in [0.15, 0.2) is 5.29 Å². The second kappa shape index (κ2) is 3.32. The van der Waals surface area contributed by atoms with Crippen LogP contribution in [0.5, 0.6) is 0 Å². The summed E-state index contributed by atoms with van der Waals surface area (Å²) in [5.74, 6) is 0. The summed E-state index contributed by atoms with van der Waals surface area (Å²) in [5.41, 5.74) is 3.49. The van der Waals surface area contributed by atoms with E-state index in [9.17, 15) is 0 Å². The molecule has 1 radical (unpaired) electrons. The Morgan fingerprint density at radius 1 is 1.80 bits per heavy atom. The van der Waals surface area contributed by atoms with Gasteiger partial charge in [-0.2, -0.15) is 5.53 Å². The Bertz CT molecular complexity index is 26.1. The lowest BCUT2D eigenvalue weighted by molar-refractivity contribution is 0.110. The van der Waals surface area contributed by atoms with Crippen molar-refractivity contribution in [2.24, 2.45) is 5.29 Å². The average molecular weight is 76.0 g/mol. The molecule has 0 saturated heterocycles. The molecule has 5 heavy (non-hydrogen) atoms. The van der Waals surface area contributed by atoms with E-state index in [1.165, 1.54) is 5.53 Å². The number of hydrogen-bond donors (Lipinski definition) is 2. The molecule has 0 fully saturated rings. The van der Waals surface area contributed by atoms with Gasteiger partial charge in [-0.15, -0.1) is 4.91 Å². The van der Waals surface area contributed by atoms with Crippen molar-refractivity contribution in [3.63, 3.8) is 0 Å². The number of hydrogen-bond acceptors (Lipinski definition) is 3. The van der Waals surface area contributed by atoms with Gasteiger partial charge >= 0.3 is 0 Å².